The van der Waals surface area contributed by atoms with Gasteiger partial charge < -0.3 is 5.32 Å². The molecule has 2 aromatic rings. The third-order valence-corrected chi connectivity index (χ3v) is 3.28. The van der Waals surface area contributed by atoms with Crippen molar-refractivity contribution >= 4 is 33.0 Å². The van der Waals surface area contributed by atoms with Gasteiger partial charge in [-0.1, -0.05) is 11.6 Å². The molecule has 0 unspecified atom stereocenters. The van der Waals surface area contributed by atoms with Crippen molar-refractivity contribution in [2.45, 2.75) is 6.54 Å². The molecule has 2 N–H and O–H groups in total. The number of hydrogen-bond acceptors (Lipinski definition) is 5. The second-order valence-corrected chi connectivity index (χ2v) is 6.32. The van der Waals surface area contributed by atoms with E-state index in [-0.39, 0.29) is 0 Å². The molecule has 0 spiro atoms. The van der Waals surface area contributed by atoms with Gasteiger partial charge in [0.05, 0.1) is 17.0 Å². The summed E-state index contributed by atoms with van der Waals surface area (Å²) in [6, 6.07) is 5.00. The van der Waals surface area contributed by atoms with Crippen LogP contribution >= 0.6 is 11.6 Å². The summed E-state index contributed by atoms with van der Waals surface area (Å²) in [5, 5.41) is 3.47. The van der Waals surface area contributed by atoms with Crippen molar-refractivity contribution < 1.29 is 8.42 Å². The van der Waals surface area contributed by atoms with Gasteiger partial charge in [0.25, 0.3) is 0 Å². The van der Waals surface area contributed by atoms with Crippen molar-refractivity contribution in [3.63, 3.8) is 0 Å². The highest BCUT2D eigenvalue weighted by Crippen LogP contribution is 2.26. The number of anilines is 2. The molecule has 0 fully saturated rings. The van der Waals surface area contributed by atoms with E-state index >= 15 is 0 Å². The van der Waals surface area contributed by atoms with Crippen LogP contribution in [0.15, 0.2) is 36.9 Å². The van der Waals surface area contributed by atoms with Gasteiger partial charge in [-0.2, -0.15) is 0 Å². The molecule has 0 aliphatic heterocycles. The maximum absolute atomic E-state index is 11.1. The Morgan fingerprint density at radius 2 is 1.95 bits per heavy atom. The lowest BCUT2D eigenvalue weighted by Crippen LogP contribution is -2.10. The quantitative estimate of drug-likeness (QED) is 0.883. The highest BCUT2D eigenvalue weighted by atomic mass is 35.5. The average Bonchev–Trinajstić information content (AvgIpc) is 2.39. The first kappa shape index (κ1) is 14.5. The topological polar surface area (TPSA) is 84.0 Å². The average molecular weight is 313 g/mol. The Morgan fingerprint density at radius 3 is 2.55 bits per heavy atom. The van der Waals surface area contributed by atoms with Crippen LogP contribution < -0.4 is 10.0 Å². The minimum atomic E-state index is -3.34. The zero-order valence-corrected chi connectivity index (χ0v) is 12.2. The Balaban J connectivity index is 2.06. The Morgan fingerprint density at radius 1 is 1.25 bits per heavy atom. The normalized spacial score (nSPS) is 11.1. The van der Waals surface area contributed by atoms with E-state index in [1.54, 1.807) is 30.6 Å². The molecule has 0 atom stereocenters. The number of nitrogens with zero attached hydrogens (tertiary/aromatic N) is 2. The fourth-order valence-electron chi connectivity index (χ4n) is 1.53. The fourth-order valence-corrected chi connectivity index (χ4v) is 2.39. The van der Waals surface area contributed by atoms with Gasteiger partial charge in [0.1, 0.15) is 6.33 Å². The van der Waals surface area contributed by atoms with Gasteiger partial charge in [-0.05, 0) is 18.2 Å². The zero-order chi connectivity index (χ0) is 14.6. The molecule has 0 radical (unpaired) electrons. The molecular weight excluding hydrogens is 300 g/mol. The van der Waals surface area contributed by atoms with Crippen LogP contribution in [-0.2, 0) is 16.6 Å². The van der Waals surface area contributed by atoms with E-state index in [9.17, 15) is 8.42 Å². The van der Waals surface area contributed by atoms with Crippen LogP contribution in [0.1, 0.15) is 5.56 Å². The van der Waals surface area contributed by atoms with Crippen LogP contribution in [0, 0.1) is 0 Å². The largest absolute Gasteiger partial charge is 0.381 e. The molecule has 1 heterocycles. The minimum absolute atomic E-state index is 0.324. The number of aromatic nitrogens is 2. The third-order valence-electron chi connectivity index (χ3n) is 2.38. The fraction of sp³-hybridized carbons (Fsp3) is 0.167. The van der Waals surface area contributed by atoms with E-state index in [0.29, 0.717) is 17.3 Å². The molecule has 8 heteroatoms. The molecule has 2 rings (SSSR count). The van der Waals surface area contributed by atoms with Crippen molar-refractivity contribution in [3.8, 4) is 0 Å². The standard InChI is InChI=1S/C12H13ClN4O2S/c1-20(18,19)17-12-3-2-10(4-11(12)13)16-7-9-5-14-8-15-6-9/h2-6,8,16-17H,7H2,1H3. The Kier molecular flexibility index (Phi) is 4.41. The molecule has 0 aliphatic rings. The molecule has 1 aromatic carbocycles. The second-order valence-electron chi connectivity index (χ2n) is 4.17. The zero-order valence-electron chi connectivity index (χ0n) is 10.7. The van der Waals surface area contributed by atoms with E-state index in [0.717, 1.165) is 17.5 Å². The molecule has 0 aliphatic carbocycles. The summed E-state index contributed by atoms with van der Waals surface area (Å²) in [6.45, 7) is 0.552. The Labute approximate surface area is 122 Å². The van der Waals surface area contributed by atoms with Gasteiger partial charge in [-0.25, -0.2) is 18.4 Å². The van der Waals surface area contributed by atoms with Gasteiger partial charge in [0.15, 0.2) is 0 Å². The predicted molar refractivity (Wildman–Crippen MR) is 79.3 cm³/mol. The van der Waals surface area contributed by atoms with E-state index in [1.165, 1.54) is 6.33 Å². The van der Waals surface area contributed by atoms with Crippen LogP contribution in [0.4, 0.5) is 11.4 Å². The van der Waals surface area contributed by atoms with Crippen LogP contribution in [0.25, 0.3) is 0 Å². The number of rotatable bonds is 5. The van der Waals surface area contributed by atoms with Crippen molar-refractivity contribution in [3.05, 3.63) is 47.5 Å². The lowest BCUT2D eigenvalue weighted by Gasteiger charge is -2.10. The number of nitrogens with one attached hydrogen (secondary N) is 2. The van der Waals surface area contributed by atoms with Gasteiger partial charge in [-0.15, -0.1) is 0 Å². The summed E-state index contributed by atoms with van der Waals surface area (Å²) in [5.74, 6) is 0. The van der Waals surface area contributed by atoms with Crippen LogP contribution in [0.2, 0.25) is 5.02 Å². The Bertz CT molecular complexity index is 692. The predicted octanol–water partition coefficient (Wildman–Crippen LogP) is 2.11. The molecule has 6 nitrogen and oxygen atoms in total. The summed E-state index contributed by atoms with van der Waals surface area (Å²) in [7, 11) is -3.34. The Hall–Kier alpha value is -1.86. The van der Waals surface area contributed by atoms with Gasteiger partial charge >= 0.3 is 0 Å². The number of benzene rings is 1. The van der Waals surface area contributed by atoms with Gasteiger partial charge in [0, 0.05) is 30.2 Å². The molecule has 1 aromatic heterocycles. The van der Waals surface area contributed by atoms with Crippen molar-refractivity contribution in [1.29, 1.82) is 0 Å². The van der Waals surface area contributed by atoms with Gasteiger partial charge in [0.2, 0.25) is 10.0 Å². The molecule has 106 valence electrons. The summed E-state index contributed by atoms with van der Waals surface area (Å²) in [5.41, 5.74) is 2.06. The highest BCUT2D eigenvalue weighted by Gasteiger charge is 2.07. The molecule has 0 amide bonds. The number of hydrogen-bond donors (Lipinski definition) is 2. The van der Waals surface area contributed by atoms with Crippen molar-refractivity contribution in [2.75, 3.05) is 16.3 Å². The third kappa shape index (κ3) is 4.36. The molecule has 0 bridgehead atoms. The smallest absolute Gasteiger partial charge is 0.229 e. The van der Waals surface area contributed by atoms with E-state index in [1.807, 2.05) is 0 Å². The molecule has 0 saturated heterocycles. The highest BCUT2D eigenvalue weighted by molar-refractivity contribution is 7.92. The maximum Gasteiger partial charge on any atom is 0.229 e. The van der Waals surface area contributed by atoms with Crippen molar-refractivity contribution in [1.82, 2.24) is 9.97 Å². The second kappa shape index (κ2) is 6.06. The van der Waals surface area contributed by atoms with Crippen LogP contribution in [-0.4, -0.2) is 24.6 Å². The van der Waals surface area contributed by atoms with Crippen molar-refractivity contribution in [2.24, 2.45) is 0 Å². The lowest BCUT2D eigenvalue weighted by atomic mass is 10.2. The number of halogens is 1. The van der Waals surface area contributed by atoms with E-state index < -0.39 is 10.0 Å². The summed E-state index contributed by atoms with van der Waals surface area (Å²) in [6.07, 6.45) is 5.96. The van der Waals surface area contributed by atoms with E-state index in [4.69, 9.17) is 11.6 Å². The summed E-state index contributed by atoms with van der Waals surface area (Å²) >= 11 is 6.03. The minimum Gasteiger partial charge on any atom is -0.381 e. The van der Waals surface area contributed by atoms with Crippen LogP contribution in [0.3, 0.4) is 0 Å². The number of sulfonamides is 1. The van der Waals surface area contributed by atoms with E-state index in [2.05, 4.69) is 20.0 Å². The molecule has 0 saturated carbocycles. The molecular formula is C12H13ClN4O2S. The van der Waals surface area contributed by atoms with Gasteiger partial charge in [-0.3, -0.25) is 4.72 Å². The lowest BCUT2D eigenvalue weighted by molar-refractivity contribution is 0.607. The monoisotopic (exact) mass is 312 g/mol. The summed E-state index contributed by atoms with van der Waals surface area (Å²) in [4.78, 5) is 7.83. The SMILES string of the molecule is CS(=O)(=O)Nc1ccc(NCc2cncnc2)cc1Cl. The summed E-state index contributed by atoms with van der Waals surface area (Å²) < 4.78 is 24.6. The first-order valence-corrected chi connectivity index (χ1v) is 7.96. The van der Waals surface area contributed by atoms with Crippen LogP contribution in [0.5, 0.6) is 0 Å². The maximum atomic E-state index is 11.1. The first-order chi connectivity index (χ1) is 9.44. The first-order valence-electron chi connectivity index (χ1n) is 5.69. The molecule has 20 heavy (non-hydrogen) atoms.